The van der Waals surface area contributed by atoms with Gasteiger partial charge in [-0.2, -0.15) is 0 Å². The Hall–Kier alpha value is -0.482. The smallest absolute Gasteiger partial charge is 0.370 e. The van der Waals surface area contributed by atoms with Crippen molar-refractivity contribution < 1.29 is 8.85 Å². The Morgan fingerprint density at radius 1 is 0.606 bits per heavy atom. The van der Waals surface area contributed by atoms with Gasteiger partial charge in [0.25, 0.3) is 0 Å². The average Bonchev–Trinajstić information content (AvgIpc) is 2.87. The first-order chi connectivity index (χ1) is 14.9. The fraction of sp³-hybridized carbons (Fsp3) is 0.538. The van der Waals surface area contributed by atoms with Crippen LogP contribution in [0.4, 0.5) is 0 Å². The van der Waals surface area contributed by atoms with Crippen molar-refractivity contribution in [3.8, 4) is 0 Å². The van der Waals surface area contributed by atoms with E-state index >= 15 is 0 Å². The van der Waals surface area contributed by atoms with Gasteiger partial charge in [-0.1, -0.05) is 131 Å². The first-order valence-electron chi connectivity index (χ1n) is 12.1. The molecule has 3 rings (SSSR count). The SMILES string of the molecule is C[C@@]1(c2ccccc2)O[Si](Cl)(C([Si](C)(C)C)([Si](C)(C)C)[Si](C)(C)C)O[C@@]1(C)c1ccccc1. The van der Waals surface area contributed by atoms with Crippen molar-refractivity contribution in [2.75, 3.05) is 0 Å². The van der Waals surface area contributed by atoms with Crippen LogP contribution in [0.3, 0.4) is 0 Å². The summed E-state index contributed by atoms with van der Waals surface area (Å²) in [7, 11) is -8.86. The quantitative estimate of drug-likeness (QED) is 0.273. The predicted octanol–water partition coefficient (Wildman–Crippen LogP) is 8.41. The van der Waals surface area contributed by atoms with Gasteiger partial charge < -0.3 is 8.85 Å². The van der Waals surface area contributed by atoms with Gasteiger partial charge in [0, 0.05) is 28.1 Å². The molecule has 0 N–H and O–H groups in total. The van der Waals surface area contributed by atoms with Crippen molar-refractivity contribution in [1.29, 1.82) is 0 Å². The predicted molar refractivity (Wildman–Crippen MR) is 154 cm³/mol. The second kappa shape index (κ2) is 8.29. The summed E-state index contributed by atoms with van der Waals surface area (Å²) < 4.78 is 14.8. The third-order valence-electron chi connectivity index (χ3n) is 8.05. The molecule has 1 heterocycles. The van der Waals surface area contributed by atoms with E-state index in [1.807, 2.05) is 0 Å². The lowest BCUT2D eigenvalue weighted by Crippen LogP contribution is -2.76. The van der Waals surface area contributed by atoms with Gasteiger partial charge in [0.15, 0.2) is 0 Å². The number of rotatable bonds is 6. The number of hydrogen-bond donors (Lipinski definition) is 0. The Balaban J connectivity index is 2.41. The van der Waals surface area contributed by atoms with Crippen molar-refractivity contribution in [3.63, 3.8) is 0 Å². The minimum absolute atomic E-state index is 0.0237. The highest BCUT2D eigenvalue weighted by atomic mass is 35.6. The van der Waals surface area contributed by atoms with E-state index in [2.05, 4.69) is 133 Å². The number of halogens is 1. The first kappa shape index (κ1) is 27.1. The summed E-state index contributed by atoms with van der Waals surface area (Å²) in [5, 5.41) is 0. The second-order valence-electron chi connectivity index (χ2n) is 13.0. The standard InChI is InChI=1S/C26H43ClO2Si4/c1-24(22-18-14-12-15-19-22)25(2,23-20-16-13-17-21-23)29-33(27,28-24)26(30(3,4)5,31(6,7)8)32(9,10)11/h12-21H,1-11H3/t24-,25-/m0/s1. The van der Waals surface area contributed by atoms with Crippen LogP contribution in [-0.2, 0) is 20.1 Å². The molecule has 0 amide bonds. The maximum Gasteiger partial charge on any atom is 0.442 e. The summed E-state index contributed by atoms with van der Waals surface area (Å²) in [5.74, 6) is 0. The zero-order chi connectivity index (χ0) is 25.1. The van der Waals surface area contributed by atoms with Crippen LogP contribution < -0.4 is 0 Å². The van der Waals surface area contributed by atoms with E-state index in [9.17, 15) is 0 Å². The molecule has 33 heavy (non-hydrogen) atoms. The highest BCUT2D eigenvalue weighted by molar-refractivity contribution is 7.38. The molecular weight excluding hydrogens is 492 g/mol. The fourth-order valence-electron chi connectivity index (χ4n) is 7.79. The summed E-state index contributed by atoms with van der Waals surface area (Å²) in [4.78, 5) is 0. The molecule has 2 nitrogen and oxygen atoms in total. The molecule has 0 saturated carbocycles. The Morgan fingerprint density at radius 3 is 1.12 bits per heavy atom. The van der Waals surface area contributed by atoms with Gasteiger partial charge in [-0.25, -0.2) is 0 Å². The Morgan fingerprint density at radius 2 is 0.879 bits per heavy atom. The highest BCUT2D eigenvalue weighted by Gasteiger charge is 2.80. The van der Waals surface area contributed by atoms with E-state index in [1.54, 1.807) is 0 Å². The van der Waals surface area contributed by atoms with E-state index in [1.165, 1.54) is 0 Å². The molecule has 182 valence electrons. The molecule has 1 saturated heterocycles. The van der Waals surface area contributed by atoms with Crippen LogP contribution in [0.1, 0.15) is 25.0 Å². The van der Waals surface area contributed by atoms with E-state index in [0.717, 1.165) is 11.1 Å². The van der Waals surface area contributed by atoms with Crippen LogP contribution in [0.15, 0.2) is 60.7 Å². The minimum Gasteiger partial charge on any atom is -0.370 e. The van der Waals surface area contributed by atoms with Crippen LogP contribution in [0.2, 0.25) is 62.8 Å². The fourth-order valence-corrected chi connectivity index (χ4v) is 57.1. The van der Waals surface area contributed by atoms with Crippen LogP contribution in [0.25, 0.3) is 0 Å². The molecule has 1 fully saturated rings. The van der Waals surface area contributed by atoms with E-state index in [-0.39, 0.29) is 3.91 Å². The zero-order valence-corrected chi connectivity index (χ0v) is 27.2. The van der Waals surface area contributed by atoms with Crippen LogP contribution >= 0.6 is 11.1 Å². The van der Waals surface area contributed by atoms with Crippen molar-refractivity contribution >= 4 is 43.2 Å². The summed E-state index contributed by atoms with van der Waals surface area (Å²) in [6.45, 7) is 27.0. The van der Waals surface area contributed by atoms with Crippen molar-refractivity contribution in [3.05, 3.63) is 71.8 Å². The number of benzene rings is 2. The topological polar surface area (TPSA) is 18.5 Å². The molecule has 0 radical (unpaired) electrons. The highest BCUT2D eigenvalue weighted by Crippen LogP contribution is 2.68. The van der Waals surface area contributed by atoms with E-state index in [4.69, 9.17) is 19.9 Å². The Labute approximate surface area is 211 Å². The molecule has 0 unspecified atom stereocenters. The lowest BCUT2D eigenvalue weighted by Gasteiger charge is -2.62. The summed E-state index contributed by atoms with van der Waals surface area (Å²) >= 11 is 8.01. The molecule has 2 atom stereocenters. The molecule has 0 aromatic heterocycles. The van der Waals surface area contributed by atoms with Crippen molar-refractivity contribution in [2.45, 2.75) is 87.9 Å². The average molecular weight is 535 g/mol. The van der Waals surface area contributed by atoms with Gasteiger partial charge in [0.05, 0.1) is 0 Å². The van der Waals surface area contributed by atoms with Gasteiger partial charge in [-0.3, -0.25) is 0 Å². The largest absolute Gasteiger partial charge is 0.442 e. The monoisotopic (exact) mass is 534 g/mol. The first-order valence-corrected chi connectivity index (χ1v) is 25.4. The molecule has 2 aromatic carbocycles. The zero-order valence-electron chi connectivity index (χ0n) is 22.5. The van der Waals surface area contributed by atoms with Crippen molar-refractivity contribution in [2.24, 2.45) is 0 Å². The van der Waals surface area contributed by atoms with Gasteiger partial charge in [-0.15, -0.1) is 0 Å². The maximum absolute atomic E-state index is 8.01. The molecule has 2 aromatic rings. The molecule has 0 spiro atoms. The van der Waals surface area contributed by atoms with Gasteiger partial charge in [0.1, 0.15) is 11.2 Å². The Kier molecular flexibility index (Phi) is 6.81. The Bertz CT molecular complexity index is 890. The van der Waals surface area contributed by atoms with Gasteiger partial charge >= 0.3 is 7.87 Å². The van der Waals surface area contributed by atoms with Crippen LogP contribution in [0, 0.1) is 0 Å². The van der Waals surface area contributed by atoms with E-state index < -0.39 is 43.3 Å². The summed E-state index contributed by atoms with van der Waals surface area (Å²) in [5.41, 5.74) is 0.880. The van der Waals surface area contributed by atoms with Gasteiger partial charge in [-0.05, 0) is 25.0 Å². The lowest BCUT2D eigenvalue weighted by molar-refractivity contribution is -0.0320. The molecule has 1 aliphatic rings. The normalized spacial score (nSPS) is 26.4. The maximum atomic E-state index is 8.01. The second-order valence-corrected chi connectivity index (χ2v) is 35.5. The third-order valence-corrected chi connectivity index (χ3v) is 43.0. The third kappa shape index (κ3) is 3.84. The van der Waals surface area contributed by atoms with Crippen LogP contribution in [-0.4, -0.2) is 32.1 Å². The molecule has 0 aliphatic carbocycles. The molecule has 1 aliphatic heterocycles. The number of hydrogen-bond acceptors (Lipinski definition) is 2. The molecule has 7 heteroatoms. The minimum atomic E-state index is -3.25. The summed E-state index contributed by atoms with van der Waals surface area (Å²) in [6, 6.07) is 21.2. The van der Waals surface area contributed by atoms with E-state index in [0.29, 0.717) is 0 Å². The van der Waals surface area contributed by atoms with Crippen molar-refractivity contribution in [1.82, 2.24) is 0 Å². The van der Waals surface area contributed by atoms with Crippen LogP contribution in [0.5, 0.6) is 0 Å². The summed E-state index contributed by atoms with van der Waals surface area (Å²) in [6.07, 6.45) is 0. The molecular formula is C26H43ClO2Si4. The van der Waals surface area contributed by atoms with Gasteiger partial charge in [0.2, 0.25) is 0 Å². The molecule has 0 bridgehead atoms. The lowest BCUT2D eigenvalue weighted by atomic mass is 9.76.